The summed E-state index contributed by atoms with van der Waals surface area (Å²) in [5, 5.41) is 3.73. The molecule has 2 aliphatic heterocycles. The maximum Gasteiger partial charge on any atom is 0.0469 e. The van der Waals surface area contributed by atoms with E-state index in [0.29, 0.717) is 11.6 Å². The fourth-order valence-corrected chi connectivity index (χ4v) is 4.97. The van der Waals surface area contributed by atoms with E-state index in [4.69, 9.17) is 4.74 Å². The Morgan fingerprint density at radius 1 is 1.05 bits per heavy atom. The molecule has 1 atom stereocenters. The van der Waals surface area contributed by atoms with Gasteiger partial charge < -0.3 is 10.1 Å². The van der Waals surface area contributed by atoms with E-state index in [0.717, 1.165) is 19.1 Å². The van der Waals surface area contributed by atoms with Gasteiger partial charge in [0.15, 0.2) is 0 Å². The van der Waals surface area contributed by atoms with Crippen molar-refractivity contribution in [1.82, 2.24) is 10.2 Å². The Balaban J connectivity index is 1.79. The highest BCUT2D eigenvalue weighted by Crippen LogP contribution is 2.43. The normalized spacial score (nSPS) is 30.8. The van der Waals surface area contributed by atoms with Crippen LogP contribution in [0.25, 0.3) is 0 Å². The third-order valence-electron chi connectivity index (χ3n) is 5.83. The maximum atomic E-state index is 5.57. The van der Waals surface area contributed by atoms with Crippen LogP contribution in [0.15, 0.2) is 0 Å². The minimum absolute atomic E-state index is 0.466. The van der Waals surface area contributed by atoms with E-state index in [-0.39, 0.29) is 0 Å². The van der Waals surface area contributed by atoms with Crippen molar-refractivity contribution in [3.05, 3.63) is 0 Å². The lowest BCUT2D eigenvalue weighted by Gasteiger charge is -2.49. The zero-order valence-corrected chi connectivity index (χ0v) is 12.5. The second kappa shape index (κ2) is 6.11. The average molecular weight is 266 g/mol. The molecule has 0 aromatic heterocycles. The van der Waals surface area contributed by atoms with Crippen molar-refractivity contribution in [2.24, 2.45) is 5.92 Å². The van der Waals surface area contributed by atoms with Crippen LogP contribution < -0.4 is 5.32 Å². The fraction of sp³-hybridized carbons (Fsp3) is 1.00. The zero-order chi connectivity index (χ0) is 13.1. The molecule has 3 fully saturated rings. The Morgan fingerprint density at radius 2 is 1.68 bits per heavy atom. The number of rotatable bonds is 4. The number of ether oxygens (including phenoxy) is 1. The van der Waals surface area contributed by atoms with Crippen LogP contribution in [0.3, 0.4) is 0 Å². The predicted octanol–water partition coefficient (Wildman–Crippen LogP) is 2.41. The first-order valence-corrected chi connectivity index (χ1v) is 8.37. The van der Waals surface area contributed by atoms with Crippen molar-refractivity contribution >= 4 is 0 Å². The SMILES string of the molecule is CNC(C1CCOCC1)C1(N2CCCC2)CCCC1. The summed E-state index contributed by atoms with van der Waals surface area (Å²) >= 11 is 0. The van der Waals surface area contributed by atoms with Gasteiger partial charge in [-0.3, -0.25) is 4.90 Å². The highest BCUT2D eigenvalue weighted by molar-refractivity contribution is 5.06. The molecule has 3 rings (SSSR count). The number of hydrogen-bond donors (Lipinski definition) is 1. The van der Waals surface area contributed by atoms with Crippen molar-refractivity contribution in [3.8, 4) is 0 Å². The summed E-state index contributed by atoms with van der Waals surface area (Å²) in [5.41, 5.74) is 0.466. The summed E-state index contributed by atoms with van der Waals surface area (Å²) in [5.74, 6) is 0.817. The molecule has 3 aliphatic rings. The highest BCUT2D eigenvalue weighted by atomic mass is 16.5. The first kappa shape index (κ1) is 13.8. The maximum absolute atomic E-state index is 5.57. The summed E-state index contributed by atoms with van der Waals surface area (Å²) in [7, 11) is 2.19. The molecule has 1 aliphatic carbocycles. The Kier molecular flexibility index (Phi) is 4.45. The lowest BCUT2D eigenvalue weighted by atomic mass is 9.76. The van der Waals surface area contributed by atoms with E-state index >= 15 is 0 Å². The molecule has 2 heterocycles. The first-order valence-electron chi connectivity index (χ1n) is 8.37. The molecule has 2 saturated heterocycles. The van der Waals surface area contributed by atoms with Crippen LogP contribution in [0.2, 0.25) is 0 Å². The molecule has 3 nitrogen and oxygen atoms in total. The molecule has 1 N–H and O–H groups in total. The molecule has 1 unspecified atom stereocenters. The summed E-state index contributed by atoms with van der Waals surface area (Å²) in [6, 6.07) is 0.678. The third kappa shape index (κ3) is 2.57. The van der Waals surface area contributed by atoms with E-state index in [2.05, 4.69) is 17.3 Å². The Bertz CT molecular complexity index is 276. The zero-order valence-electron chi connectivity index (χ0n) is 12.5. The van der Waals surface area contributed by atoms with Crippen LogP contribution >= 0.6 is 0 Å². The van der Waals surface area contributed by atoms with E-state index in [9.17, 15) is 0 Å². The minimum atomic E-state index is 0.466. The van der Waals surface area contributed by atoms with Gasteiger partial charge in [0, 0.05) is 24.8 Å². The van der Waals surface area contributed by atoms with Gasteiger partial charge >= 0.3 is 0 Å². The first-order chi connectivity index (χ1) is 9.37. The number of likely N-dealkylation sites (tertiary alicyclic amines) is 1. The van der Waals surface area contributed by atoms with Crippen LogP contribution in [0, 0.1) is 5.92 Å². The number of nitrogens with one attached hydrogen (secondary N) is 1. The molecule has 0 spiro atoms. The molecule has 0 radical (unpaired) electrons. The molecular formula is C16H30N2O. The molecular weight excluding hydrogens is 236 g/mol. The Labute approximate surface area is 118 Å². The molecule has 110 valence electrons. The van der Waals surface area contributed by atoms with Crippen LogP contribution in [-0.4, -0.2) is 49.8 Å². The van der Waals surface area contributed by atoms with Gasteiger partial charge in [0.05, 0.1) is 0 Å². The largest absolute Gasteiger partial charge is 0.381 e. The van der Waals surface area contributed by atoms with E-state index in [1.54, 1.807) is 0 Å². The van der Waals surface area contributed by atoms with E-state index in [1.165, 1.54) is 64.5 Å². The van der Waals surface area contributed by atoms with Crippen LogP contribution in [-0.2, 0) is 4.74 Å². The smallest absolute Gasteiger partial charge is 0.0469 e. The predicted molar refractivity (Wildman–Crippen MR) is 78.4 cm³/mol. The Morgan fingerprint density at radius 3 is 2.26 bits per heavy atom. The number of likely N-dealkylation sites (N-methyl/N-ethyl adjacent to an activating group) is 1. The van der Waals surface area contributed by atoms with Crippen molar-refractivity contribution in [1.29, 1.82) is 0 Å². The van der Waals surface area contributed by atoms with Crippen LogP contribution in [0.1, 0.15) is 51.4 Å². The second-order valence-corrected chi connectivity index (χ2v) is 6.72. The van der Waals surface area contributed by atoms with E-state index < -0.39 is 0 Å². The lowest BCUT2D eigenvalue weighted by molar-refractivity contribution is 0.00317. The average Bonchev–Trinajstić information content (AvgIpc) is 3.12. The highest BCUT2D eigenvalue weighted by Gasteiger charge is 2.48. The molecule has 0 bridgehead atoms. The molecule has 0 aromatic rings. The molecule has 0 aromatic carbocycles. The van der Waals surface area contributed by atoms with Gasteiger partial charge in [-0.15, -0.1) is 0 Å². The van der Waals surface area contributed by atoms with Crippen molar-refractivity contribution in [3.63, 3.8) is 0 Å². The van der Waals surface area contributed by atoms with Gasteiger partial charge in [-0.1, -0.05) is 12.8 Å². The van der Waals surface area contributed by atoms with Gasteiger partial charge in [-0.2, -0.15) is 0 Å². The van der Waals surface area contributed by atoms with Gasteiger partial charge in [-0.05, 0) is 64.6 Å². The standard InChI is InChI=1S/C16H30N2O/c1-17-15(14-6-12-19-13-7-14)16(8-2-3-9-16)18-10-4-5-11-18/h14-15,17H,2-13H2,1H3. The monoisotopic (exact) mass is 266 g/mol. The number of nitrogens with zero attached hydrogens (tertiary/aromatic N) is 1. The third-order valence-corrected chi connectivity index (χ3v) is 5.83. The van der Waals surface area contributed by atoms with Crippen molar-refractivity contribution in [2.75, 3.05) is 33.4 Å². The van der Waals surface area contributed by atoms with Crippen molar-refractivity contribution in [2.45, 2.75) is 62.9 Å². The topological polar surface area (TPSA) is 24.5 Å². The van der Waals surface area contributed by atoms with Gasteiger partial charge in [-0.25, -0.2) is 0 Å². The molecule has 1 saturated carbocycles. The minimum Gasteiger partial charge on any atom is -0.381 e. The quantitative estimate of drug-likeness (QED) is 0.846. The Hall–Kier alpha value is -0.120. The fourth-order valence-electron chi connectivity index (χ4n) is 4.97. The van der Waals surface area contributed by atoms with Gasteiger partial charge in [0.25, 0.3) is 0 Å². The summed E-state index contributed by atoms with van der Waals surface area (Å²) in [4.78, 5) is 2.84. The molecule has 0 amide bonds. The van der Waals surface area contributed by atoms with Crippen LogP contribution in [0.4, 0.5) is 0 Å². The van der Waals surface area contributed by atoms with E-state index in [1.807, 2.05) is 0 Å². The summed E-state index contributed by atoms with van der Waals surface area (Å²) < 4.78 is 5.57. The molecule has 3 heteroatoms. The van der Waals surface area contributed by atoms with Crippen LogP contribution in [0.5, 0.6) is 0 Å². The summed E-state index contributed by atoms with van der Waals surface area (Å²) in [6.45, 7) is 4.61. The number of hydrogen-bond acceptors (Lipinski definition) is 3. The molecule has 19 heavy (non-hydrogen) atoms. The lowest BCUT2D eigenvalue weighted by Crippen LogP contribution is -2.61. The second-order valence-electron chi connectivity index (χ2n) is 6.72. The summed E-state index contributed by atoms with van der Waals surface area (Å²) in [6.07, 6.45) is 11.0. The van der Waals surface area contributed by atoms with Gasteiger partial charge in [0.2, 0.25) is 0 Å². The van der Waals surface area contributed by atoms with Crippen molar-refractivity contribution < 1.29 is 4.74 Å². The van der Waals surface area contributed by atoms with Gasteiger partial charge in [0.1, 0.15) is 0 Å².